The van der Waals surface area contributed by atoms with Crippen LogP contribution in [0.15, 0.2) is 54.6 Å². The quantitative estimate of drug-likeness (QED) is 0.560. The van der Waals surface area contributed by atoms with E-state index in [1.807, 2.05) is 18.2 Å². The number of aliphatic hydroxyl groups is 1. The van der Waals surface area contributed by atoms with Crippen molar-refractivity contribution in [2.75, 3.05) is 14.2 Å². The summed E-state index contributed by atoms with van der Waals surface area (Å²) in [7, 11) is 3.04. The minimum atomic E-state index is -1.83. The first-order valence-corrected chi connectivity index (χ1v) is 8.08. The van der Waals surface area contributed by atoms with Gasteiger partial charge in [0.15, 0.2) is 11.5 Å². The average Bonchev–Trinajstić information content (AvgIpc) is 2.69. The molecule has 0 radical (unpaired) electrons. The van der Waals surface area contributed by atoms with Crippen LogP contribution in [0.3, 0.4) is 0 Å². The molecule has 0 saturated carbocycles. The van der Waals surface area contributed by atoms with Crippen LogP contribution >= 0.6 is 0 Å². The summed E-state index contributed by atoms with van der Waals surface area (Å²) in [5.41, 5.74) is -0.413. The molecule has 0 aromatic heterocycles. The zero-order valence-electron chi connectivity index (χ0n) is 14.4. The lowest BCUT2D eigenvalue weighted by molar-refractivity contribution is -0.0632. The lowest BCUT2D eigenvalue weighted by Gasteiger charge is -2.41. The number of amides is 1. The smallest absolute Gasteiger partial charge is 0.271 e. The SMILES string of the molecule is COc1ccc(C2(O)c3cccc4cccc(c34)C(=O)N2N)cc1OC. The van der Waals surface area contributed by atoms with Gasteiger partial charge in [0.2, 0.25) is 5.72 Å². The van der Waals surface area contributed by atoms with Crippen molar-refractivity contribution >= 4 is 16.7 Å². The Morgan fingerprint density at radius 1 is 1.00 bits per heavy atom. The predicted molar refractivity (Wildman–Crippen MR) is 96.8 cm³/mol. The first-order chi connectivity index (χ1) is 12.5. The van der Waals surface area contributed by atoms with Crippen molar-refractivity contribution in [3.05, 3.63) is 71.3 Å². The second-order valence-electron chi connectivity index (χ2n) is 6.13. The molecule has 1 aliphatic rings. The number of rotatable bonds is 3. The summed E-state index contributed by atoms with van der Waals surface area (Å²) < 4.78 is 10.6. The molecule has 1 unspecified atom stereocenters. The maximum atomic E-state index is 12.9. The molecule has 1 heterocycles. The number of methoxy groups -OCH3 is 2. The van der Waals surface area contributed by atoms with Gasteiger partial charge in [0.25, 0.3) is 5.91 Å². The topological polar surface area (TPSA) is 85.0 Å². The van der Waals surface area contributed by atoms with Crippen molar-refractivity contribution in [2.45, 2.75) is 5.72 Å². The highest BCUT2D eigenvalue weighted by Crippen LogP contribution is 2.43. The summed E-state index contributed by atoms with van der Waals surface area (Å²) in [6, 6.07) is 15.9. The van der Waals surface area contributed by atoms with E-state index in [1.54, 1.807) is 36.4 Å². The molecular formula is C20H18N2O4. The second kappa shape index (κ2) is 5.72. The number of hydrogen-bond donors (Lipinski definition) is 2. The molecule has 4 rings (SSSR count). The fourth-order valence-electron chi connectivity index (χ4n) is 3.56. The van der Waals surface area contributed by atoms with Gasteiger partial charge in [-0.3, -0.25) is 4.79 Å². The van der Waals surface area contributed by atoms with Gasteiger partial charge in [0.05, 0.1) is 14.2 Å². The molecule has 1 amide bonds. The predicted octanol–water partition coefficient (Wildman–Crippen LogP) is 2.38. The van der Waals surface area contributed by atoms with Gasteiger partial charge in [-0.25, -0.2) is 10.9 Å². The largest absolute Gasteiger partial charge is 0.493 e. The second-order valence-corrected chi connectivity index (χ2v) is 6.13. The lowest BCUT2D eigenvalue weighted by Crippen LogP contribution is -2.56. The molecule has 0 fully saturated rings. The minimum absolute atomic E-state index is 0.410. The Labute approximate surface area is 150 Å². The van der Waals surface area contributed by atoms with E-state index in [9.17, 15) is 9.90 Å². The number of carbonyl (C=O) groups is 1. The molecule has 6 heteroatoms. The van der Waals surface area contributed by atoms with Crippen LogP contribution in [0.2, 0.25) is 0 Å². The van der Waals surface area contributed by atoms with Gasteiger partial charge in [-0.05, 0) is 29.7 Å². The number of benzene rings is 3. The molecular weight excluding hydrogens is 332 g/mol. The van der Waals surface area contributed by atoms with Crippen LogP contribution in [0.1, 0.15) is 21.5 Å². The Morgan fingerprint density at radius 3 is 2.38 bits per heavy atom. The maximum Gasteiger partial charge on any atom is 0.271 e. The number of nitrogens with zero attached hydrogens (tertiary/aromatic N) is 1. The van der Waals surface area contributed by atoms with E-state index in [2.05, 4.69) is 0 Å². The van der Waals surface area contributed by atoms with E-state index in [0.29, 0.717) is 33.6 Å². The minimum Gasteiger partial charge on any atom is -0.493 e. The molecule has 1 aliphatic heterocycles. The monoisotopic (exact) mass is 350 g/mol. The molecule has 0 bridgehead atoms. The standard InChI is InChI=1S/C20H18N2O4/c1-25-16-10-9-13(11-17(16)26-2)20(24)15-8-4-6-12-5-3-7-14(18(12)15)19(23)22(20)21/h3-11,24H,21H2,1-2H3. The number of hydrazine groups is 1. The van der Waals surface area contributed by atoms with Gasteiger partial charge in [-0.2, -0.15) is 0 Å². The summed E-state index contributed by atoms with van der Waals surface area (Å²) in [6.45, 7) is 0. The third kappa shape index (κ3) is 2.03. The van der Waals surface area contributed by atoms with E-state index in [-0.39, 0.29) is 0 Å². The van der Waals surface area contributed by atoms with Crippen LogP contribution in [-0.2, 0) is 5.72 Å². The third-order valence-electron chi connectivity index (χ3n) is 4.86. The molecule has 0 aliphatic carbocycles. The molecule has 1 atom stereocenters. The molecule has 3 N–H and O–H groups in total. The van der Waals surface area contributed by atoms with Crippen molar-refractivity contribution in [1.29, 1.82) is 0 Å². The molecule has 0 saturated heterocycles. The highest BCUT2D eigenvalue weighted by Gasteiger charge is 2.46. The van der Waals surface area contributed by atoms with E-state index in [1.165, 1.54) is 14.2 Å². The average molecular weight is 350 g/mol. The van der Waals surface area contributed by atoms with Crippen LogP contribution in [0.4, 0.5) is 0 Å². The summed E-state index contributed by atoms with van der Waals surface area (Å²) >= 11 is 0. The van der Waals surface area contributed by atoms with Crippen LogP contribution in [-0.4, -0.2) is 30.2 Å². The van der Waals surface area contributed by atoms with Gasteiger partial charge < -0.3 is 14.6 Å². The number of nitrogens with two attached hydrogens (primary N) is 1. The summed E-state index contributed by atoms with van der Waals surface area (Å²) in [5, 5.41) is 14.0. The zero-order chi connectivity index (χ0) is 18.5. The van der Waals surface area contributed by atoms with E-state index in [0.717, 1.165) is 10.4 Å². The van der Waals surface area contributed by atoms with Gasteiger partial charge in [-0.1, -0.05) is 30.3 Å². The Bertz CT molecular complexity index is 1030. The van der Waals surface area contributed by atoms with Crippen molar-refractivity contribution in [3.63, 3.8) is 0 Å². The Balaban J connectivity index is 2.04. The summed E-state index contributed by atoms with van der Waals surface area (Å²) in [5.74, 6) is 6.60. The normalized spacial score (nSPS) is 18.9. The zero-order valence-corrected chi connectivity index (χ0v) is 14.4. The van der Waals surface area contributed by atoms with E-state index in [4.69, 9.17) is 15.3 Å². The highest BCUT2D eigenvalue weighted by molar-refractivity contribution is 6.11. The molecule has 0 spiro atoms. The fraction of sp³-hybridized carbons (Fsp3) is 0.150. The van der Waals surface area contributed by atoms with Crippen LogP contribution in [0, 0.1) is 0 Å². The van der Waals surface area contributed by atoms with E-state index >= 15 is 0 Å². The number of hydrogen-bond acceptors (Lipinski definition) is 5. The first kappa shape index (κ1) is 16.4. The fourth-order valence-corrected chi connectivity index (χ4v) is 3.56. The Hall–Kier alpha value is -3.09. The van der Waals surface area contributed by atoms with Crippen molar-refractivity contribution in [2.24, 2.45) is 5.84 Å². The number of ether oxygens (including phenoxy) is 2. The van der Waals surface area contributed by atoms with Crippen LogP contribution in [0.25, 0.3) is 10.8 Å². The summed E-state index contributed by atoms with van der Waals surface area (Å²) in [6.07, 6.45) is 0. The van der Waals surface area contributed by atoms with Crippen molar-refractivity contribution in [1.82, 2.24) is 5.01 Å². The highest BCUT2D eigenvalue weighted by atomic mass is 16.5. The maximum absolute atomic E-state index is 12.9. The Morgan fingerprint density at radius 2 is 1.69 bits per heavy atom. The van der Waals surface area contributed by atoms with Gasteiger partial charge in [0.1, 0.15) is 0 Å². The van der Waals surface area contributed by atoms with Gasteiger partial charge in [-0.15, -0.1) is 0 Å². The van der Waals surface area contributed by atoms with Crippen LogP contribution < -0.4 is 15.3 Å². The lowest BCUT2D eigenvalue weighted by atomic mass is 9.84. The molecule has 26 heavy (non-hydrogen) atoms. The molecule has 6 nitrogen and oxygen atoms in total. The van der Waals surface area contributed by atoms with Crippen molar-refractivity contribution in [3.8, 4) is 11.5 Å². The first-order valence-electron chi connectivity index (χ1n) is 8.08. The third-order valence-corrected chi connectivity index (χ3v) is 4.86. The molecule has 3 aromatic rings. The van der Waals surface area contributed by atoms with Gasteiger partial charge in [0, 0.05) is 22.1 Å². The van der Waals surface area contributed by atoms with Crippen LogP contribution in [0.5, 0.6) is 11.5 Å². The van der Waals surface area contributed by atoms with Gasteiger partial charge >= 0.3 is 0 Å². The number of carbonyl (C=O) groups excluding carboxylic acids is 1. The Kier molecular flexibility index (Phi) is 3.61. The van der Waals surface area contributed by atoms with E-state index < -0.39 is 11.6 Å². The molecule has 132 valence electrons. The molecule has 3 aromatic carbocycles. The van der Waals surface area contributed by atoms with Crippen molar-refractivity contribution < 1.29 is 19.4 Å². The summed E-state index contributed by atoms with van der Waals surface area (Å²) in [4.78, 5) is 12.9.